The molecular weight excluding hydrogens is 464 g/mol. The number of carbonyl (C=O) groups excluding carboxylic acids is 2. The smallest absolute Gasteiger partial charge is 0.270 e. The van der Waals surface area contributed by atoms with Crippen LogP contribution in [0.5, 0.6) is 0 Å². The highest BCUT2D eigenvalue weighted by Crippen LogP contribution is 2.33. The van der Waals surface area contributed by atoms with Crippen molar-refractivity contribution in [2.75, 3.05) is 6.54 Å². The third-order valence-electron chi connectivity index (χ3n) is 6.95. The number of amides is 2. The van der Waals surface area contributed by atoms with Crippen LogP contribution >= 0.6 is 11.6 Å². The fraction of sp³-hybridized carbons (Fsp3) is 0.462. The molecule has 1 aliphatic rings. The number of nitrogens with zero attached hydrogens (tertiary/aromatic N) is 4. The monoisotopic (exact) mass is 496 g/mol. The van der Waals surface area contributed by atoms with Crippen LogP contribution in [0.3, 0.4) is 0 Å². The number of carbonyl (C=O) groups is 2. The summed E-state index contributed by atoms with van der Waals surface area (Å²) >= 11 is 6.50. The van der Waals surface area contributed by atoms with Crippen LogP contribution in [0.15, 0.2) is 24.8 Å². The van der Waals surface area contributed by atoms with E-state index < -0.39 is 0 Å². The van der Waals surface area contributed by atoms with E-state index in [1.54, 1.807) is 4.90 Å². The van der Waals surface area contributed by atoms with E-state index >= 15 is 0 Å². The highest BCUT2D eigenvalue weighted by atomic mass is 35.5. The van der Waals surface area contributed by atoms with Crippen molar-refractivity contribution in [1.29, 1.82) is 0 Å². The molecule has 1 saturated heterocycles. The summed E-state index contributed by atoms with van der Waals surface area (Å²) in [4.78, 5) is 31.2. The molecule has 0 saturated carbocycles. The maximum atomic E-state index is 13.0. The molecule has 2 aromatic heterocycles. The molecule has 1 fully saturated rings. The first-order valence-corrected chi connectivity index (χ1v) is 12.2. The summed E-state index contributed by atoms with van der Waals surface area (Å²) in [5.41, 5.74) is 4.09. The van der Waals surface area contributed by atoms with Crippen LogP contribution < -0.4 is 5.32 Å². The van der Waals surface area contributed by atoms with Gasteiger partial charge in [-0.2, -0.15) is 5.10 Å². The molecule has 2 amide bonds. The molecule has 9 heteroatoms. The van der Waals surface area contributed by atoms with Crippen LogP contribution in [-0.2, 0) is 30.1 Å². The van der Waals surface area contributed by atoms with Crippen molar-refractivity contribution in [3.05, 3.63) is 58.3 Å². The number of aryl methyl sites for hydroxylation is 3. The molecule has 0 unspecified atom stereocenters. The lowest BCUT2D eigenvalue weighted by molar-refractivity contribution is -0.134. The minimum absolute atomic E-state index is 0.0717. The van der Waals surface area contributed by atoms with Gasteiger partial charge in [0.2, 0.25) is 5.91 Å². The number of benzene rings is 1. The number of fused-ring (bicyclic) bond motifs is 1. The van der Waals surface area contributed by atoms with E-state index in [0.29, 0.717) is 30.8 Å². The summed E-state index contributed by atoms with van der Waals surface area (Å²) in [5, 5.41) is 12.4. The van der Waals surface area contributed by atoms with Crippen LogP contribution in [0.25, 0.3) is 10.9 Å². The fourth-order valence-corrected chi connectivity index (χ4v) is 5.18. The molecule has 0 bridgehead atoms. The third kappa shape index (κ3) is 4.59. The zero-order valence-corrected chi connectivity index (χ0v) is 22.0. The number of aromatic amines is 1. The van der Waals surface area contributed by atoms with Gasteiger partial charge >= 0.3 is 0 Å². The number of imidazole rings is 1. The van der Waals surface area contributed by atoms with E-state index in [2.05, 4.69) is 53.9 Å². The summed E-state index contributed by atoms with van der Waals surface area (Å²) in [7, 11) is 1.87. The average molecular weight is 497 g/mol. The molecule has 4 rings (SSSR count). The third-order valence-corrected chi connectivity index (χ3v) is 7.26. The van der Waals surface area contributed by atoms with Crippen molar-refractivity contribution in [3.8, 4) is 0 Å². The molecule has 2 N–H and O–H groups in total. The first-order chi connectivity index (χ1) is 16.4. The Morgan fingerprint density at radius 2 is 2.03 bits per heavy atom. The van der Waals surface area contributed by atoms with E-state index in [9.17, 15) is 9.59 Å². The van der Waals surface area contributed by atoms with Gasteiger partial charge in [-0.05, 0) is 49.5 Å². The number of likely N-dealkylation sites (tertiary alicyclic amines) is 1. The summed E-state index contributed by atoms with van der Waals surface area (Å²) in [6.45, 7) is 14.2. The summed E-state index contributed by atoms with van der Waals surface area (Å²) < 4.78 is 1.86. The second-order valence-corrected chi connectivity index (χ2v) is 10.7. The predicted molar refractivity (Wildman–Crippen MR) is 138 cm³/mol. The largest absolute Gasteiger partial charge is 0.344 e. The highest BCUT2D eigenvalue weighted by Gasteiger charge is 2.39. The van der Waals surface area contributed by atoms with Gasteiger partial charge in [0.1, 0.15) is 11.5 Å². The maximum Gasteiger partial charge on any atom is 0.270 e. The normalized spacial score (nSPS) is 18.0. The molecule has 3 heterocycles. The van der Waals surface area contributed by atoms with Gasteiger partial charge in [-0.1, -0.05) is 39.0 Å². The van der Waals surface area contributed by atoms with E-state index in [1.165, 1.54) is 6.08 Å². The molecule has 0 aliphatic carbocycles. The number of hydrogen-bond acceptors (Lipinski definition) is 4. The molecule has 3 aromatic rings. The number of nitrogens with one attached hydrogen (secondary N) is 2. The lowest BCUT2D eigenvalue weighted by Crippen LogP contribution is -2.66. The first kappa shape index (κ1) is 25.0. The molecule has 186 valence electrons. The van der Waals surface area contributed by atoms with Gasteiger partial charge in [-0.25, -0.2) is 4.98 Å². The topological polar surface area (TPSA) is 95.9 Å². The van der Waals surface area contributed by atoms with Crippen LogP contribution in [0, 0.1) is 6.92 Å². The van der Waals surface area contributed by atoms with E-state index in [1.807, 2.05) is 31.5 Å². The Balaban J connectivity index is 1.48. The molecular formula is C26H33ClN6O2. The van der Waals surface area contributed by atoms with Gasteiger partial charge in [-0.15, -0.1) is 0 Å². The van der Waals surface area contributed by atoms with E-state index in [-0.39, 0.29) is 29.3 Å². The molecule has 0 spiro atoms. The van der Waals surface area contributed by atoms with Crippen molar-refractivity contribution in [2.45, 2.75) is 65.0 Å². The predicted octanol–water partition coefficient (Wildman–Crippen LogP) is 3.86. The summed E-state index contributed by atoms with van der Waals surface area (Å²) in [6, 6.07) is 3.87. The average Bonchev–Trinajstić information content (AvgIpc) is 3.31. The maximum absolute atomic E-state index is 13.0. The van der Waals surface area contributed by atoms with E-state index in [0.717, 1.165) is 33.0 Å². The second kappa shape index (κ2) is 9.15. The Morgan fingerprint density at radius 1 is 1.31 bits per heavy atom. The molecule has 1 aromatic carbocycles. The molecule has 1 aliphatic heterocycles. The fourth-order valence-electron chi connectivity index (χ4n) is 4.74. The van der Waals surface area contributed by atoms with Crippen molar-refractivity contribution < 1.29 is 9.59 Å². The van der Waals surface area contributed by atoms with E-state index in [4.69, 9.17) is 11.6 Å². The van der Waals surface area contributed by atoms with Crippen LogP contribution in [0.1, 0.15) is 61.0 Å². The number of hydrogen-bond donors (Lipinski definition) is 2. The Kier molecular flexibility index (Phi) is 6.53. The van der Waals surface area contributed by atoms with Gasteiger partial charge in [-0.3, -0.25) is 14.7 Å². The molecule has 2 atom stereocenters. The van der Waals surface area contributed by atoms with Gasteiger partial charge in [0.05, 0.1) is 23.3 Å². The zero-order valence-electron chi connectivity index (χ0n) is 21.2. The van der Waals surface area contributed by atoms with Crippen molar-refractivity contribution in [2.24, 2.45) is 7.05 Å². The minimum atomic E-state index is -0.178. The summed E-state index contributed by atoms with van der Waals surface area (Å²) in [6.07, 6.45) is 2.65. The van der Waals surface area contributed by atoms with Crippen molar-refractivity contribution >= 4 is 34.3 Å². The van der Waals surface area contributed by atoms with Crippen LogP contribution in [0.2, 0.25) is 5.02 Å². The Bertz CT molecular complexity index is 1320. The Labute approximate surface area is 210 Å². The second-order valence-electron chi connectivity index (χ2n) is 10.3. The van der Waals surface area contributed by atoms with Crippen molar-refractivity contribution in [3.63, 3.8) is 0 Å². The zero-order chi connectivity index (χ0) is 25.7. The Hall–Kier alpha value is -3.13. The van der Waals surface area contributed by atoms with Gasteiger partial charge in [0, 0.05) is 36.1 Å². The number of halogens is 1. The van der Waals surface area contributed by atoms with Crippen LogP contribution in [-0.4, -0.2) is 55.1 Å². The van der Waals surface area contributed by atoms with Crippen molar-refractivity contribution in [1.82, 2.24) is 30.0 Å². The molecule has 35 heavy (non-hydrogen) atoms. The minimum Gasteiger partial charge on any atom is -0.344 e. The first-order valence-electron chi connectivity index (χ1n) is 11.9. The standard InChI is InChI=1S/C26H33ClN6O2/c1-8-23(34)33-13-21(15(33)3)29-25(35)24-14(2)28-22(32(24)7)10-9-19-16-11-17(26(4,5)6)18(27)12-20(16)31-30-19/h8,11-12,15,21H,1,9-10,13H2,2-7H3,(H,29,35)(H,30,31)/t15-,21+/m0/s1. The summed E-state index contributed by atoms with van der Waals surface area (Å²) in [5.74, 6) is 0.526. The SMILES string of the molecule is C=CC(=O)N1C[C@@H](NC(=O)c2c(C)nc(CCc3[nH]nc4cc(Cl)c(C(C)(C)C)cc34)n2C)[C@@H]1C. The molecule has 0 radical (unpaired) electrons. The lowest BCUT2D eigenvalue weighted by atomic mass is 9.86. The van der Waals surface area contributed by atoms with Gasteiger partial charge < -0.3 is 14.8 Å². The Morgan fingerprint density at radius 3 is 2.66 bits per heavy atom. The quantitative estimate of drug-likeness (QED) is 0.506. The van der Waals surface area contributed by atoms with Gasteiger partial charge in [0.25, 0.3) is 5.91 Å². The van der Waals surface area contributed by atoms with Crippen LogP contribution in [0.4, 0.5) is 0 Å². The highest BCUT2D eigenvalue weighted by molar-refractivity contribution is 6.32. The number of H-pyrrole nitrogens is 1. The van der Waals surface area contributed by atoms with Gasteiger partial charge in [0.15, 0.2) is 0 Å². The number of rotatable bonds is 6. The molecule has 8 nitrogen and oxygen atoms in total. The number of aromatic nitrogens is 4. The lowest BCUT2D eigenvalue weighted by Gasteiger charge is -2.46.